The van der Waals surface area contributed by atoms with Gasteiger partial charge in [-0.15, -0.1) is 10.2 Å². The minimum absolute atomic E-state index is 0.0790. The average molecular weight is 350 g/mol. The van der Waals surface area contributed by atoms with Gasteiger partial charge in [-0.25, -0.2) is 0 Å². The topological polar surface area (TPSA) is 89.1 Å². The van der Waals surface area contributed by atoms with Gasteiger partial charge in [0.1, 0.15) is 6.33 Å². The first-order chi connectivity index (χ1) is 11.7. The van der Waals surface area contributed by atoms with E-state index >= 15 is 0 Å². The highest BCUT2D eigenvalue weighted by molar-refractivity contribution is 7.99. The highest BCUT2D eigenvalue weighted by atomic mass is 32.2. The second-order valence-corrected chi connectivity index (χ2v) is 6.86. The number of aliphatic hydroxyl groups is 1. The Morgan fingerprint density at radius 1 is 1.50 bits per heavy atom. The van der Waals surface area contributed by atoms with Crippen molar-refractivity contribution in [1.82, 2.24) is 29.4 Å². The standard InChI is InChI=1S/C15H22N6O2S/c1-19-11-16-17-15(19)24-10-14(23)20-5-2-3-12(9-20)13-4-6-21(18-13)7-8-22/h4,6,11-12,22H,2-3,5,7-10H2,1H3. The summed E-state index contributed by atoms with van der Waals surface area (Å²) in [6.45, 7) is 2.08. The number of rotatable bonds is 6. The Morgan fingerprint density at radius 2 is 2.38 bits per heavy atom. The highest BCUT2D eigenvalue weighted by Gasteiger charge is 2.26. The van der Waals surface area contributed by atoms with Gasteiger partial charge in [-0.3, -0.25) is 9.48 Å². The van der Waals surface area contributed by atoms with Crippen LogP contribution in [0.4, 0.5) is 0 Å². The molecule has 1 unspecified atom stereocenters. The molecule has 1 N–H and O–H groups in total. The van der Waals surface area contributed by atoms with E-state index in [2.05, 4.69) is 15.3 Å². The number of hydrogen-bond donors (Lipinski definition) is 1. The molecule has 9 heteroatoms. The predicted molar refractivity (Wildman–Crippen MR) is 89.6 cm³/mol. The van der Waals surface area contributed by atoms with E-state index in [1.165, 1.54) is 11.8 Å². The Hall–Kier alpha value is -1.87. The van der Waals surface area contributed by atoms with Crippen molar-refractivity contribution in [3.05, 3.63) is 24.3 Å². The predicted octanol–water partition coefficient (Wildman–Crippen LogP) is 0.502. The van der Waals surface area contributed by atoms with Crippen LogP contribution in [0.3, 0.4) is 0 Å². The van der Waals surface area contributed by atoms with Crippen LogP contribution in [0.1, 0.15) is 24.5 Å². The van der Waals surface area contributed by atoms with Crippen LogP contribution in [0, 0.1) is 0 Å². The van der Waals surface area contributed by atoms with Crippen LogP contribution in [0.5, 0.6) is 0 Å². The first kappa shape index (κ1) is 17.0. The van der Waals surface area contributed by atoms with Gasteiger partial charge in [-0.05, 0) is 18.9 Å². The summed E-state index contributed by atoms with van der Waals surface area (Å²) in [6.07, 6.45) is 5.54. The summed E-state index contributed by atoms with van der Waals surface area (Å²) in [5.41, 5.74) is 1.00. The van der Waals surface area contributed by atoms with Gasteiger partial charge in [0.05, 0.1) is 24.6 Å². The second kappa shape index (κ2) is 7.80. The zero-order valence-electron chi connectivity index (χ0n) is 13.7. The van der Waals surface area contributed by atoms with Gasteiger partial charge >= 0.3 is 0 Å². The number of amides is 1. The van der Waals surface area contributed by atoms with Gasteiger partial charge in [0, 0.05) is 32.3 Å². The Labute approximate surface area is 144 Å². The van der Waals surface area contributed by atoms with Crippen LogP contribution in [0.2, 0.25) is 0 Å². The van der Waals surface area contributed by atoms with E-state index < -0.39 is 0 Å². The Morgan fingerprint density at radius 3 is 3.12 bits per heavy atom. The number of carbonyl (C=O) groups excluding carboxylic acids is 1. The molecule has 3 heterocycles. The molecule has 0 bridgehead atoms. The molecule has 1 atom stereocenters. The molecule has 1 saturated heterocycles. The molecule has 1 fully saturated rings. The molecule has 1 aliphatic heterocycles. The molecule has 8 nitrogen and oxygen atoms in total. The number of carbonyl (C=O) groups is 1. The number of likely N-dealkylation sites (tertiary alicyclic amines) is 1. The van der Waals surface area contributed by atoms with Crippen molar-refractivity contribution < 1.29 is 9.90 Å². The lowest BCUT2D eigenvalue weighted by atomic mass is 9.95. The average Bonchev–Trinajstić information content (AvgIpc) is 3.22. The molecule has 1 amide bonds. The molecule has 130 valence electrons. The fourth-order valence-electron chi connectivity index (χ4n) is 2.89. The van der Waals surface area contributed by atoms with Gasteiger partial charge in [0.25, 0.3) is 0 Å². The maximum absolute atomic E-state index is 12.5. The Kier molecular flexibility index (Phi) is 5.52. The molecule has 0 aliphatic carbocycles. The number of aryl methyl sites for hydroxylation is 1. The lowest BCUT2D eigenvalue weighted by Gasteiger charge is -2.32. The van der Waals surface area contributed by atoms with Crippen molar-refractivity contribution in [2.45, 2.75) is 30.5 Å². The van der Waals surface area contributed by atoms with Crippen LogP contribution in [-0.2, 0) is 18.4 Å². The largest absolute Gasteiger partial charge is 0.394 e. The van der Waals surface area contributed by atoms with Gasteiger partial charge in [-0.1, -0.05) is 11.8 Å². The number of aliphatic hydroxyl groups excluding tert-OH is 1. The minimum atomic E-state index is 0.0790. The van der Waals surface area contributed by atoms with Crippen LogP contribution in [0.15, 0.2) is 23.7 Å². The second-order valence-electron chi connectivity index (χ2n) is 5.92. The molecule has 0 aromatic carbocycles. The van der Waals surface area contributed by atoms with Crippen molar-refractivity contribution >= 4 is 17.7 Å². The number of nitrogens with zero attached hydrogens (tertiary/aromatic N) is 6. The van der Waals surface area contributed by atoms with Gasteiger partial charge < -0.3 is 14.6 Å². The van der Waals surface area contributed by atoms with Crippen LogP contribution >= 0.6 is 11.8 Å². The maximum Gasteiger partial charge on any atom is 0.233 e. The summed E-state index contributed by atoms with van der Waals surface area (Å²) in [7, 11) is 1.87. The summed E-state index contributed by atoms with van der Waals surface area (Å²) in [4.78, 5) is 14.4. The molecular weight excluding hydrogens is 328 g/mol. The molecule has 0 spiro atoms. The molecule has 0 radical (unpaired) electrons. The Bertz CT molecular complexity index is 685. The summed E-state index contributed by atoms with van der Waals surface area (Å²) in [5, 5.41) is 22.0. The van der Waals surface area contributed by atoms with E-state index in [1.54, 1.807) is 11.0 Å². The van der Waals surface area contributed by atoms with Gasteiger partial charge in [0.2, 0.25) is 5.91 Å². The third-order valence-corrected chi connectivity index (χ3v) is 5.20. The molecule has 1 aliphatic rings. The number of piperidine rings is 1. The van der Waals surface area contributed by atoms with E-state index in [1.807, 2.05) is 28.8 Å². The molecule has 0 saturated carbocycles. The van der Waals surface area contributed by atoms with Crippen LogP contribution in [-0.4, -0.2) is 65.9 Å². The van der Waals surface area contributed by atoms with Crippen LogP contribution < -0.4 is 0 Å². The van der Waals surface area contributed by atoms with E-state index in [0.29, 0.717) is 18.8 Å². The van der Waals surface area contributed by atoms with Crippen LogP contribution in [0.25, 0.3) is 0 Å². The van der Waals surface area contributed by atoms with E-state index in [9.17, 15) is 4.79 Å². The summed E-state index contributed by atoms with van der Waals surface area (Å²) in [5.74, 6) is 0.767. The Balaban J connectivity index is 1.56. The van der Waals surface area contributed by atoms with Crippen molar-refractivity contribution in [3.8, 4) is 0 Å². The molecule has 2 aromatic heterocycles. The fourth-order valence-corrected chi connectivity index (χ4v) is 3.68. The molecular formula is C15H22N6O2S. The summed E-state index contributed by atoms with van der Waals surface area (Å²) < 4.78 is 3.56. The van der Waals surface area contributed by atoms with Crippen molar-refractivity contribution in [1.29, 1.82) is 0 Å². The zero-order chi connectivity index (χ0) is 16.9. The first-order valence-corrected chi connectivity index (χ1v) is 9.04. The fraction of sp³-hybridized carbons (Fsp3) is 0.600. The van der Waals surface area contributed by atoms with Gasteiger partial charge in [0.15, 0.2) is 5.16 Å². The summed E-state index contributed by atoms with van der Waals surface area (Å²) in [6, 6.07) is 1.99. The molecule has 3 rings (SSSR count). The lowest BCUT2D eigenvalue weighted by Crippen LogP contribution is -2.40. The zero-order valence-corrected chi connectivity index (χ0v) is 14.5. The smallest absolute Gasteiger partial charge is 0.233 e. The first-order valence-electron chi connectivity index (χ1n) is 8.06. The normalized spacial score (nSPS) is 18.1. The monoisotopic (exact) mass is 350 g/mol. The number of hydrogen-bond acceptors (Lipinski definition) is 6. The maximum atomic E-state index is 12.5. The quantitative estimate of drug-likeness (QED) is 0.763. The molecule has 24 heavy (non-hydrogen) atoms. The van der Waals surface area contributed by atoms with Crippen molar-refractivity contribution in [3.63, 3.8) is 0 Å². The third-order valence-electron chi connectivity index (χ3n) is 4.18. The van der Waals surface area contributed by atoms with E-state index in [0.717, 1.165) is 30.2 Å². The lowest BCUT2D eigenvalue weighted by molar-refractivity contribution is -0.129. The minimum Gasteiger partial charge on any atom is -0.394 e. The number of thioether (sulfide) groups is 1. The SMILES string of the molecule is Cn1cnnc1SCC(=O)N1CCCC(c2ccn(CCO)n2)C1. The van der Waals surface area contributed by atoms with E-state index in [-0.39, 0.29) is 18.4 Å². The summed E-state index contributed by atoms with van der Waals surface area (Å²) >= 11 is 1.41. The van der Waals surface area contributed by atoms with Crippen molar-refractivity contribution in [2.75, 3.05) is 25.4 Å². The third kappa shape index (κ3) is 3.96. The highest BCUT2D eigenvalue weighted by Crippen LogP contribution is 2.26. The van der Waals surface area contributed by atoms with E-state index in [4.69, 9.17) is 5.11 Å². The van der Waals surface area contributed by atoms with Crippen molar-refractivity contribution in [2.24, 2.45) is 7.05 Å². The molecule has 2 aromatic rings. The number of aromatic nitrogens is 5. The van der Waals surface area contributed by atoms with Gasteiger partial charge in [-0.2, -0.15) is 5.10 Å².